The lowest BCUT2D eigenvalue weighted by atomic mass is 9.87. The Bertz CT molecular complexity index is 487. The highest BCUT2D eigenvalue weighted by Gasteiger charge is 2.25. The maximum Gasteiger partial charge on any atom is 0.229 e. The Morgan fingerprint density at radius 1 is 1.33 bits per heavy atom. The van der Waals surface area contributed by atoms with E-state index in [1.165, 1.54) is 4.88 Å². The highest BCUT2D eigenvalue weighted by molar-refractivity contribution is 7.09. The zero-order chi connectivity index (χ0) is 12.4. The van der Waals surface area contributed by atoms with Gasteiger partial charge in [0.05, 0.1) is 6.10 Å². The van der Waals surface area contributed by atoms with E-state index in [2.05, 4.69) is 21.6 Å². The molecule has 0 spiro atoms. The van der Waals surface area contributed by atoms with Gasteiger partial charge >= 0.3 is 0 Å². The maximum atomic E-state index is 9.48. The molecule has 1 saturated carbocycles. The van der Waals surface area contributed by atoms with E-state index in [-0.39, 0.29) is 6.10 Å². The predicted octanol–water partition coefficient (Wildman–Crippen LogP) is 2.74. The minimum absolute atomic E-state index is 0.144. The van der Waals surface area contributed by atoms with Crippen LogP contribution >= 0.6 is 11.3 Å². The van der Waals surface area contributed by atoms with Crippen molar-refractivity contribution in [3.8, 4) is 0 Å². The summed E-state index contributed by atoms with van der Waals surface area (Å²) in [7, 11) is 0. The van der Waals surface area contributed by atoms with Gasteiger partial charge in [-0.05, 0) is 37.1 Å². The number of aliphatic hydroxyl groups is 1. The van der Waals surface area contributed by atoms with Gasteiger partial charge in [0.25, 0.3) is 0 Å². The molecule has 2 aromatic rings. The SMILES string of the molecule is OC1CCC(c2nc(Cc3cccs3)no2)CC1. The molecule has 2 heterocycles. The molecule has 0 saturated heterocycles. The third kappa shape index (κ3) is 2.62. The monoisotopic (exact) mass is 264 g/mol. The van der Waals surface area contributed by atoms with Gasteiger partial charge in [0.15, 0.2) is 5.82 Å². The Hall–Kier alpha value is -1.20. The fourth-order valence-corrected chi connectivity index (χ4v) is 3.10. The standard InChI is InChI=1S/C13H16N2O2S/c16-10-5-3-9(4-6-10)13-14-12(15-17-13)8-11-2-1-7-18-11/h1-2,7,9-10,16H,3-6,8H2. The number of nitrogens with zero attached hydrogens (tertiary/aromatic N) is 2. The molecule has 96 valence electrons. The number of aromatic nitrogens is 2. The van der Waals surface area contributed by atoms with Crippen LogP contribution in [0.2, 0.25) is 0 Å². The molecule has 0 amide bonds. The van der Waals surface area contributed by atoms with Crippen LogP contribution in [0.4, 0.5) is 0 Å². The normalized spacial score (nSPS) is 24.3. The summed E-state index contributed by atoms with van der Waals surface area (Å²) in [5, 5.41) is 15.6. The van der Waals surface area contributed by atoms with Crippen LogP contribution in [-0.4, -0.2) is 21.4 Å². The van der Waals surface area contributed by atoms with Crippen LogP contribution in [0.1, 0.15) is 48.2 Å². The summed E-state index contributed by atoms with van der Waals surface area (Å²) in [6, 6.07) is 4.11. The number of rotatable bonds is 3. The summed E-state index contributed by atoms with van der Waals surface area (Å²) in [5.41, 5.74) is 0. The number of hydrogen-bond donors (Lipinski definition) is 1. The van der Waals surface area contributed by atoms with E-state index in [9.17, 15) is 5.11 Å². The molecule has 3 rings (SSSR count). The average Bonchev–Trinajstić information content (AvgIpc) is 3.02. The van der Waals surface area contributed by atoms with Crippen LogP contribution in [0.15, 0.2) is 22.0 Å². The van der Waals surface area contributed by atoms with Crippen molar-refractivity contribution in [3.63, 3.8) is 0 Å². The quantitative estimate of drug-likeness (QED) is 0.926. The Morgan fingerprint density at radius 2 is 2.17 bits per heavy atom. The first kappa shape index (κ1) is 11.9. The smallest absolute Gasteiger partial charge is 0.229 e. The molecule has 0 radical (unpaired) electrons. The van der Waals surface area contributed by atoms with Crippen LogP contribution in [0.25, 0.3) is 0 Å². The summed E-state index contributed by atoms with van der Waals surface area (Å²) >= 11 is 1.71. The highest BCUT2D eigenvalue weighted by atomic mass is 32.1. The van der Waals surface area contributed by atoms with E-state index in [1.807, 2.05) is 6.07 Å². The highest BCUT2D eigenvalue weighted by Crippen LogP contribution is 2.31. The van der Waals surface area contributed by atoms with Gasteiger partial charge in [-0.3, -0.25) is 0 Å². The summed E-state index contributed by atoms with van der Waals surface area (Å²) in [6.07, 6.45) is 4.18. The fourth-order valence-electron chi connectivity index (χ4n) is 2.40. The second-order valence-electron chi connectivity index (χ2n) is 4.81. The number of hydrogen-bond acceptors (Lipinski definition) is 5. The molecule has 1 aliphatic rings. The van der Waals surface area contributed by atoms with Crippen LogP contribution in [0.3, 0.4) is 0 Å². The fraction of sp³-hybridized carbons (Fsp3) is 0.538. The van der Waals surface area contributed by atoms with E-state index >= 15 is 0 Å². The first-order valence-corrected chi connectivity index (χ1v) is 7.22. The van der Waals surface area contributed by atoms with Gasteiger partial charge in [-0.2, -0.15) is 4.98 Å². The molecule has 18 heavy (non-hydrogen) atoms. The zero-order valence-electron chi connectivity index (χ0n) is 10.1. The van der Waals surface area contributed by atoms with Crippen molar-refractivity contribution < 1.29 is 9.63 Å². The number of thiophene rings is 1. The average molecular weight is 264 g/mol. The zero-order valence-corrected chi connectivity index (χ0v) is 10.9. The van der Waals surface area contributed by atoms with E-state index in [4.69, 9.17) is 4.52 Å². The lowest BCUT2D eigenvalue weighted by Gasteiger charge is -2.22. The first-order valence-electron chi connectivity index (χ1n) is 6.34. The van der Waals surface area contributed by atoms with Crippen LogP contribution < -0.4 is 0 Å². The topological polar surface area (TPSA) is 59.2 Å². The molecule has 1 fully saturated rings. The molecule has 0 aromatic carbocycles. The van der Waals surface area contributed by atoms with Crippen molar-refractivity contribution in [2.24, 2.45) is 0 Å². The largest absolute Gasteiger partial charge is 0.393 e. The van der Waals surface area contributed by atoms with Gasteiger partial charge in [0.2, 0.25) is 5.89 Å². The van der Waals surface area contributed by atoms with Crippen molar-refractivity contribution in [2.45, 2.75) is 44.1 Å². The van der Waals surface area contributed by atoms with Gasteiger partial charge in [0.1, 0.15) is 0 Å². The van der Waals surface area contributed by atoms with Gasteiger partial charge in [0, 0.05) is 17.2 Å². The summed E-state index contributed by atoms with van der Waals surface area (Å²) in [6.45, 7) is 0. The Labute approximate surface area is 110 Å². The Balaban J connectivity index is 1.66. The lowest BCUT2D eigenvalue weighted by molar-refractivity contribution is 0.116. The van der Waals surface area contributed by atoms with Gasteiger partial charge in [-0.1, -0.05) is 11.2 Å². The van der Waals surface area contributed by atoms with Crippen molar-refractivity contribution in [2.75, 3.05) is 0 Å². The van der Waals surface area contributed by atoms with Crippen LogP contribution in [-0.2, 0) is 6.42 Å². The summed E-state index contributed by atoms with van der Waals surface area (Å²) in [4.78, 5) is 5.73. The molecule has 1 aliphatic carbocycles. The first-order chi connectivity index (χ1) is 8.81. The molecule has 4 nitrogen and oxygen atoms in total. The van der Waals surface area contributed by atoms with Crippen molar-refractivity contribution >= 4 is 11.3 Å². The van der Waals surface area contributed by atoms with E-state index in [0.717, 1.165) is 43.8 Å². The molecule has 0 atom stereocenters. The molecule has 1 N–H and O–H groups in total. The molecule has 0 bridgehead atoms. The van der Waals surface area contributed by atoms with Crippen LogP contribution in [0.5, 0.6) is 0 Å². The lowest BCUT2D eigenvalue weighted by Crippen LogP contribution is -2.17. The molecular formula is C13H16N2O2S. The van der Waals surface area contributed by atoms with Gasteiger partial charge in [-0.25, -0.2) is 0 Å². The molecule has 0 unspecified atom stereocenters. The second kappa shape index (κ2) is 5.20. The molecular weight excluding hydrogens is 248 g/mol. The molecule has 2 aromatic heterocycles. The molecule has 0 aliphatic heterocycles. The van der Waals surface area contributed by atoms with Gasteiger partial charge < -0.3 is 9.63 Å². The van der Waals surface area contributed by atoms with Crippen LogP contribution in [0, 0.1) is 0 Å². The minimum Gasteiger partial charge on any atom is -0.393 e. The van der Waals surface area contributed by atoms with E-state index < -0.39 is 0 Å². The van der Waals surface area contributed by atoms with Crippen molar-refractivity contribution in [1.82, 2.24) is 10.1 Å². The third-order valence-corrected chi connectivity index (χ3v) is 4.32. The Kier molecular flexibility index (Phi) is 3.43. The molecule has 5 heteroatoms. The van der Waals surface area contributed by atoms with E-state index in [1.54, 1.807) is 11.3 Å². The predicted molar refractivity (Wildman–Crippen MR) is 68.6 cm³/mol. The third-order valence-electron chi connectivity index (χ3n) is 3.44. The second-order valence-corrected chi connectivity index (χ2v) is 5.84. The van der Waals surface area contributed by atoms with Crippen molar-refractivity contribution in [3.05, 3.63) is 34.1 Å². The summed E-state index contributed by atoms with van der Waals surface area (Å²) in [5.74, 6) is 1.84. The number of aliphatic hydroxyl groups excluding tert-OH is 1. The summed E-state index contributed by atoms with van der Waals surface area (Å²) < 4.78 is 5.35. The van der Waals surface area contributed by atoms with Crippen molar-refractivity contribution in [1.29, 1.82) is 0 Å². The Morgan fingerprint density at radius 3 is 2.89 bits per heavy atom. The minimum atomic E-state index is -0.144. The van der Waals surface area contributed by atoms with Gasteiger partial charge in [-0.15, -0.1) is 11.3 Å². The maximum absolute atomic E-state index is 9.48. The van der Waals surface area contributed by atoms with E-state index in [0.29, 0.717) is 5.92 Å².